The van der Waals surface area contributed by atoms with E-state index < -0.39 is 4.92 Å². The molecule has 4 nitrogen and oxygen atoms in total. The summed E-state index contributed by atoms with van der Waals surface area (Å²) in [4.78, 5) is 12.7. The van der Waals surface area contributed by atoms with Crippen LogP contribution >= 0.6 is 22.9 Å². The van der Waals surface area contributed by atoms with Gasteiger partial charge >= 0.3 is 0 Å². The van der Waals surface area contributed by atoms with Gasteiger partial charge < -0.3 is 5.32 Å². The van der Waals surface area contributed by atoms with Crippen molar-refractivity contribution in [2.24, 2.45) is 0 Å². The zero-order valence-corrected chi connectivity index (χ0v) is 11.2. The van der Waals surface area contributed by atoms with Gasteiger partial charge in [-0.1, -0.05) is 11.6 Å². The first-order valence-electron chi connectivity index (χ1n) is 5.29. The lowest BCUT2D eigenvalue weighted by atomic mass is 10.2. The summed E-state index contributed by atoms with van der Waals surface area (Å²) in [5.74, 6) is 0. The molecule has 0 saturated carbocycles. The maximum Gasteiger partial charge on any atom is 0.289 e. The second-order valence-electron chi connectivity index (χ2n) is 3.79. The van der Waals surface area contributed by atoms with Crippen LogP contribution in [-0.4, -0.2) is 4.92 Å². The minimum atomic E-state index is -0.483. The number of nitrogens with one attached hydrogen (secondary N) is 1. The van der Waals surface area contributed by atoms with Crippen LogP contribution in [0.4, 0.5) is 11.4 Å². The van der Waals surface area contributed by atoms with Crippen LogP contribution in [0.1, 0.15) is 9.75 Å². The Kier molecular flexibility index (Phi) is 3.84. The van der Waals surface area contributed by atoms with Gasteiger partial charge in [-0.15, -0.1) is 11.3 Å². The van der Waals surface area contributed by atoms with Crippen LogP contribution in [0.5, 0.6) is 0 Å². The summed E-state index contributed by atoms with van der Waals surface area (Å²) in [5, 5.41) is 14.0. The monoisotopic (exact) mass is 282 g/mol. The molecule has 0 radical (unpaired) electrons. The van der Waals surface area contributed by atoms with Crippen molar-refractivity contribution in [2.75, 3.05) is 5.32 Å². The van der Waals surface area contributed by atoms with E-state index in [9.17, 15) is 10.1 Å². The quantitative estimate of drug-likeness (QED) is 0.674. The first-order valence-corrected chi connectivity index (χ1v) is 6.49. The Morgan fingerprint density at radius 3 is 2.78 bits per heavy atom. The van der Waals surface area contributed by atoms with Gasteiger partial charge in [-0.2, -0.15) is 0 Å². The summed E-state index contributed by atoms with van der Waals surface area (Å²) in [7, 11) is 0. The van der Waals surface area contributed by atoms with Crippen molar-refractivity contribution in [3.05, 3.63) is 55.2 Å². The highest BCUT2D eigenvalue weighted by atomic mass is 35.5. The predicted molar refractivity (Wildman–Crippen MR) is 74.5 cm³/mol. The van der Waals surface area contributed by atoms with Gasteiger partial charge in [0.05, 0.1) is 4.92 Å². The standard InChI is InChI=1S/C12H11ClN2O2S/c1-8-2-4-10(18-8)7-14-9-3-5-11(13)12(6-9)15(16)17/h2-6,14H,7H2,1H3. The zero-order valence-electron chi connectivity index (χ0n) is 9.64. The molecule has 2 rings (SSSR count). The highest BCUT2D eigenvalue weighted by molar-refractivity contribution is 7.11. The SMILES string of the molecule is Cc1ccc(CNc2ccc(Cl)c([N+](=O)[O-])c2)s1. The molecule has 0 aliphatic carbocycles. The Bertz CT molecular complexity index is 583. The number of nitro groups is 1. The van der Waals surface area contributed by atoms with E-state index in [1.54, 1.807) is 17.4 Å². The van der Waals surface area contributed by atoms with Gasteiger partial charge in [0.15, 0.2) is 0 Å². The largest absolute Gasteiger partial charge is 0.380 e. The summed E-state index contributed by atoms with van der Waals surface area (Å²) in [6.45, 7) is 2.69. The number of thiophene rings is 1. The van der Waals surface area contributed by atoms with E-state index >= 15 is 0 Å². The van der Waals surface area contributed by atoms with Crippen LogP contribution in [0.2, 0.25) is 5.02 Å². The third-order valence-electron chi connectivity index (χ3n) is 2.41. The normalized spacial score (nSPS) is 10.3. The first-order chi connectivity index (χ1) is 8.56. The molecule has 6 heteroatoms. The Labute approximate surface area is 113 Å². The summed E-state index contributed by atoms with van der Waals surface area (Å²) >= 11 is 7.44. The summed E-state index contributed by atoms with van der Waals surface area (Å²) in [5.41, 5.74) is 0.612. The number of benzene rings is 1. The van der Waals surface area contributed by atoms with Crippen molar-refractivity contribution >= 4 is 34.3 Å². The number of nitro benzene ring substituents is 1. The van der Waals surface area contributed by atoms with Gasteiger partial charge in [0.25, 0.3) is 5.69 Å². The molecule has 0 amide bonds. The van der Waals surface area contributed by atoms with Crippen molar-refractivity contribution in [3.63, 3.8) is 0 Å². The fraction of sp³-hybridized carbons (Fsp3) is 0.167. The Morgan fingerprint density at radius 2 is 2.17 bits per heavy atom. The van der Waals surface area contributed by atoms with E-state index in [1.165, 1.54) is 21.9 Å². The summed E-state index contributed by atoms with van der Waals surface area (Å²) in [6, 6.07) is 8.80. The average molecular weight is 283 g/mol. The van der Waals surface area contributed by atoms with Crippen LogP contribution in [-0.2, 0) is 6.54 Å². The van der Waals surface area contributed by atoms with E-state index in [2.05, 4.69) is 5.32 Å². The fourth-order valence-corrected chi connectivity index (χ4v) is 2.55. The van der Waals surface area contributed by atoms with E-state index in [-0.39, 0.29) is 10.7 Å². The Balaban J connectivity index is 2.10. The van der Waals surface area contributed by atoms with Crippen molar-refractivity contribution in [2.45, 2.75) is 13.5 Å². The molecular weight excluding hydrogens is 272 g/mol. The van der Waals surface area contributed by atoms with E-state index in [0.29, 0.717) is 12.2 Å². The van der Waals surface area contributed by atoms with E-state index in [1.807, 2.05) is 19.1 Å². The molecule has 18 heavy (non-hydrogen) atoms. The van der Waals surface area contributed by atoms with Gasteiger partial charge in [0.1, 0.15) is 5.02 Å². The molecule has 94 valence electrons. The minimum absolute atomic E-state index is 0.0796. The lowest BCUT2D eigenvalue weighted by molar-refractivity contribution is -0.384. The molecule has 0 bridgehead atoms. The summed E-state index contributed by atoms with van der Waals surface area (Å²) in [6.07, 6.45) is 0. The predicted octanol–water partition coefficient (Wildman–Crippen LogP) is 4.23. The van der Waals surface area contributed by atoms with Gasteiger partial charge in [-0.3, -0.25) is 10.1 Å². The van der Waals surface area contributed by atoms with Crippen molar-refractivity contribution < 1.29 is 4.92 Å². The molecule has 1 heterocycles. The second kappa shape index (κ2) is 5.37. The molecule has 0 aliphatic heterocycles. The van der Waals surface area contributed by atoms with Crippen molar-refractivity contribution in [3.8, 4) is 0 Å². The molecule has 0 aliphatic rings. The topological polar surface area (TPSA) is 55.2 Å². The van der Waals surface area contributed by atoms with E-state index in [4.69, 9.17) is 11.6 Å². The molecule has 0 saturated heterocycles. The number of rotatable bonds is 4. The van der Waals surface area contributed by atoms with Crippen molar-refractivity contribution in [1.29, 1.82) is 0 Å². The Morgan fingerprint density at radius 1 is 1.39 bits per heavy atom. The molecule has 1 aromatic heterocycles. The fourth-order valence-electron chi connectivity index (χ4n) is 1.53. The van der Waals surface area contributed by atoms with Crippen molar-refractivity contribution in [1.82, 2.24) is 0 Å². The zero-order chi connectivity index (χ0) is 13.1. The van der Waals surface area contributed by atoms with Crippen LogP contribution in [0.15, 0.2) is 30.3 Å². The maximum atomic E-state index is 10.7. The molecular formula is C12H11ClN2O2S. The molecule has 0 unspecified atom stereocenters. The van der Waals surface area contributed by atoms with Crippen LogP contribution in [0, 0.1) is 17.0 Å². The third kappa shape index (κ3) is 3.00. The van der Waals surface area contributed by atoms with Crippen LogP contribution in [0.3, 0.4) is 0 Å². The Hall–Kier alpha value is -1.59. The molecule has 0 spiro atoms. The number of nitrogens with zero attached hydrogens (tertiary/aromatic N) is 1. The highest BCUT2D eigenvalue weighted by Crippen LogP contribution is 2.27. The molecule has 2 aromatic rings. The number of hydrogen-bond acceptors (Lipinski definition) is 4. The van der Waals surface area contributed by atoms with Crippen LogP contribution < -0.4 is 5.32 Å². The van der Waals surface area contributed by atoms with Gasteiger partial charge in [0.2, 0.25) is 0 Å². The smallest absolute Gasteiger partial charge is 0.289 e. The number of halogens is 1. The van der Waals surface area contributed by atoms with Gasteiger partial charge in [-0.25, -0.2) is 0 Å². The summed E-state index contributed by atoms with van der Waals surface area (Å²) < 4.78 is 0. The molecule has 1 N–H and O–H groups in total. The third-order valence-corrected chi connectivity index (χ3v) is 3.73. The lowest BCUT2D eigenvalue weighted by Gasteiger charge is -2.05. The highest BCUT2D eigenvalue weighted by Gasteiger charge is 2.12. The average Bonchev–Trinajstić information content (AvgIpc) is 2.74. The number of anilines is 1. The van der Waals surface area contributed by atoms with E-state index in [0.717, 1.165) is 0 Å². The van der Waals surface area contributed by atoms with Crippen LogP contribution in [0.25, 0.3) is 0 Å². The van der Waals surface area contributed by atoms with Gasteiger partial charge in [0, 0.05) is 28.1 Å². The molecule has 1 aromatic carbocycles. The second-order valence-corrected chi connectivity index (χ2v) is 5.57. The number of hydrogen-bond donors (Lipinski definition) is 1. The van der Waals surface area contributed by atoms with Gasteiger partial charge in [-0.05, 0) is 31.2 Å². The minimum Gasteiger partial charge on any atom is -0.380 e. The maximum absolute atomic E-state index is 10.7. The number of aryl methyl sites for hydroxylation is 1. The molecule has 0 atom stereocenters. The lowest BCUT2D eigenvalue weighted by Crippen LogP contribution is -1.98. The molecule has 0 fully saturated rings. The first kappa shape index (κ1) is 12.9.